The molecule has 0 spiro atoms. The molecule has 0 saturated heterocycles. The smallest absolute Gasteiger partial charge is 0.0924 e. The van der Waals surface area contributed by atoms with Crippen molar-refractivity contribution in [1.29, 1.82) is 0 Å². The molecule has 1 atom stereocenters. The van der Waals surface area contributed by atoms with E-state index in [1.807, 2.05) is 48.8 Å². The Hall–Kier alpha value is -0.720. The maximum Gasteiger partial charge on any atom is 0.474 e. The summed E-state index contributed by atoms with van der Waals surface area (Å²) in [6.07, 6.45) is 0. The van der Waals surface area contributed by atoms with Gasteiger partial charge in [0.2, 0.25) is 5.30 Å². The van der Waals surface area contributed by atoms with Gasteiger partial charge in [0.25, 0.3) is 0 Å². The Bertz CT molecular complexity index is 270. The van der Waals surface area contributed by atoms with Crippen LogP contribution in [0.4, 0.5) is 0 Å². The van der Waals surface area contributed by atoms with Gasteiger partial charge in [-0.05, 0) is 30.5 Å². The molecule has 0 aliphatic rings. The first-order valence-electron chi connectivity index (χ1n) is 4.56. The molecule has 1 rings (SSSR count). The first-order valence-corrected chi connectivity index (χ1v) is 5.78. The summed E-state index contributed by atoms with van der Waals surface area (Å²) in [6.45, 7) is 5.72. The van der Waals surface area contributed by atoms with Crippen molar-refractivity contribution in [2.45, 2.75) is 13.8 Å². The van der Waals surface area contributed by atoms with Crippen molar-refractivity contribution < 1.29 is 4.57 Å². The Kier molecular flexibility index (Phi) is 4.07. The highest BCUT2D eigenvalue weighted by Crippen LogP contribution is 2.24. The van der Waals surface area contributed by atoms with Crippen LogP contribution in [0.2, 0.25) is 0 Å². The third-order valence-electron chi connectivity index (χ3n) is 1.96. The normalized spacial score (nSPS) is 11.8. The SMILES string of the molecule is CCN(CC)[P+](=O)c1ccccc1. The molecule has 0 aliphatic heterocycles. The molecule has 2 nitrogen and oxygen atoms in total. The second kappa shape index (κ2) is 5.11. The predicted octanol–water partition coefficient (Wildman–Crippen LogP) is 2.40. The molecular formula is C10H15NOP+. The summed E-state index contributed by atoms with van der Waals surface area (Å²) in [7, 11) is -1.36. The van der Waals surface area contributed by atoms with Crippen LogP contribution in [0, 0.1) is 0 Å². The Morgan fingerprint density at radius 3 is 2.15 bits per heavy atom. The average molecular weight is 196 g/mol. The van der Waals surface area contributed by atoms with Crippen molar-refractivity contribution in [2.75, 3.05) is 13.1 Å². The molecule has 0 aromatic heterocycles. The molecule has 0 fully saturated rings. The lowest BCUT2D eigenvalue weighted by Crippen LogP contribution is -2.18. The summed E-state index contributed by atoms with van der Waals surface area (Å²) in [5.74, 6) is 0. The molecule has 0 amide bonds. The Morgan fingerprint density at radius 2 is 1.69 bits per heavy atom. The predicted molar refractivity (Wildman–Crippen MR) is 56.6 cm³/mol. The van der Waals surface area contributed by atoms with Crippen LogP contribution in [0.15, 0.2) is 30.3 Å². The Balaban J connectivity index is 2.78. The summed E-state index contributed by atoms with van der Waals surface area (Å²) < 4.78 is 13.8. The van der Waals surface area contributed by atoms with Crippen LogP contribution in [-0.2, 0) is 4.57 Å². The summed E-state index contributed by atoms with van der Waals surface area (Å²) in [6, 6.07) is 9.61. The highest BCUT2D eigenvalue weighted by molar-refractivity contribution is 7.51. The fourth-order valence-electron chi connectivity index (χ4n) is 1.20. The molecule has 0 heterocycles. The van der Waals surface area contributed by atoms with Crippen LogP contribution < -0.4 is 5.30 Å². The standard InChI is InChI=1S/C10H15NOP/c1-3-11(4-2)13(12)10-8-6-5-7-9-10/h5-9H,3-4H2,1-2H3/q+1. The quantitative estimate of drug-likeness (QED) is 0.689. The summed E-state index contributed by atoms with van der Waals surface area (Å²) >= 11 is 0. The van der Waals surface area contributed by atoms with Crippen LogP contribution in [-0.4, -0.2) is 17.8 Å². The van der Waals surface area contributed by atoms with Gasteiger partial charge in [-0.1, -0.05) is 22.9 Å². The Labute approximate surface area is 80.4 Å². The van der Waals surface area contributed by atoms with E-state index < -0.39 is 7.95 Å². The molecule has 0 aliphatic carbocycles. The second-order valence-electron chi connectivity index (χ2n) is 2.75. The van der Waals surface area contributed by atoms with E-state index in [0.717, 1.165) is 18.4 Å². The van der Waals surface area contributed by atoms with Gasteiger partial charge in [-0.2, -0.15) is 0 Å². The van der Waals surface area contributed by atoms with Crippen molar-refractivity contribution in [1.82, 2.24) is 4.67 Å². The van der Waals surface area contributed by atoms with Crippen LogP contribution in [0.5, 0.6) is 0 Å². The van der Waals surface area contributed by atoms with Crippen molar-refractivity contribution in [3.63, 3.8) is 0 Å². The van der Waals surface area contributed by atoms with Crippen molar-refractivity contribution in [3.05, 3.63) is 30.3 Å². The minimum absolute atomic E-state index is 0.834. The lowest BCUT2D eigenvalue weighted by Gasteiger charge is -2.03. The second-order valence-corrected chi connectivity index (χ2v) is 4.38. The maximum atomic E-state index is 11.9. The van der Waals surface area contributed by atoms with Crippen LogP contribution in [0.1, 0.15) is 13.8 Å². The van der Waals surface area contributed by atoms with E-state index in [0.29, 0.717) is 0 Å². The number of hydrogen-bond acceptors (Lipinski definition) is 1. The zero-order valence-corrected chi connectivity index (χ0v) is 9.00. The number of nitrogens with zero attached hydrogens (tertiary/aromatic N) is 1. The van der Waals surface area contributed by atoms with E-state index >= 15 is 0 Å². The molecule has 1 aromatic carbocycles. The van der Waals surface area contributed by atoms with E-state index in [2.05, 4.69) is 0 Å². The zero-order valence-electron chi connectivity index (χ0n) is 8.10. The fourth-order valence-corrected chi connectivity index (χ4v) is 2.47. The Morgan fingerprint density at radius 1 is 1.15 bits per heavy atom. The van der Waals surface area contributed by atoms with Gasteiger partial charge >= 0.3 is 7.95 Å². The molecule has 0 radical (unpaired) electrons. The molecule has 0 bridgehead atoms. The van der Waals surface area contributed by atoms with Gasteiger partial charge in [0, 0.05) is 13.1 Å². The van der Waals surface area contributed by atoms with E-state index in [4.69, 9.17) is 0 Å². The minimum atomic E-state index is -1.36. The topological polar surface area (TPSA) is 20.3 Å². The van der Waals surface area contributed by atoms with Gasteiger partial charge in [0.1, 0.15) is 0 Å². The number of hydrogen-bond donors (Lipinski definition) is 0. The molecular weight excluding hydrogens is 181 g/mol. The van der Waals surface area contributed by atoms with Gasteiger partial charge in [-0.3, -0.25) is 0 Å². The van der Waals surface area contributed by atoms with Gasteiger partial charge in [0.05, 0.1) is 0 Å². The van der Waals surface area contributed by atoms with Crippen molar-refractivity contribution in [2.24, 2.45) is 0 Å². The van der Waals surface area contributed by atoms with Crippen LogP contribution in [0.3, 0.4) is 0 Å². The van der Waals surface area contributed by atoms with E-state index in [9.17, 15) is 4.57 Å². The first-order chi connectivity index (χ1) is 6.29. The first kappa shape index (κ1) is 10.4. The number of benzene rings is 1. The lowest BCUT2D eigenvalue weighted by molar-refractivity contribution is 0.467. The highest BCUT2D eigenvalue weighted by Gasteiger charge is 2.26. The van der Waals surface area contributed by atoms with Gasteiger partial charge < -0.3 is 0 Å². The number of rotatable bonds is 4. The third kappa shape index (κ3) is 2.61. The molecule has 1 aromatic rings. The summed E-state index contributed by atoms with van der Waals surface area (Å²) in [5, 5.41) is 0.918. The fraction of sp³-hybridized carbons (Fsp3) is 0.400. The molecule has 0 saturated carbocycles. The van der Waals surface area contributed by atoms with Crippen LogP contribution in [0.25, 0.3) is 0 Å². The summed E-state index contributed by atoms with van der Waals surface area (Å²) in [4.78, 5) is 0. The molecule has 3 heteroatoms. The lowest BCUT2D eigenvalue weighted by atomic mass is 10.4. The van der Waals surface area contributed by atoms with Gasteiger partial charge in [-0.25, -0.2) is 0 Å². The zero-order chi connectivity index (χ0) is 9.68. The molecule has 13 heavy (non-hydrogen) atoms. The minimum Gasteiger partial charge on any atom is -0.0924 e. The highest BCUT2D eigenvalue weighted by atomic mass is 31.1. The maximum absolute atomic E-state index is 11.9. The van der Waals surface area contributed by atoms with E-state index in [1.54, 1.807) is 0 Å². The van der Waals surface area contributed by atoms with Crippen molar-refractivity contribution >= 4 is 13.3 Å². The van der Waals surface area contributed by atoms with Crippen LogP contribution >= 0.6 is 7.95 Å². The van der Waals surface area contributed by atoms with E-state index in [-0.39, 0.29) is 0 Å². The van der Waals surface area contributed by atoms with E-state index in [1.165, 1.54) is 0 Å². The summed E-state index contributed by atoms with van der Waals surface area (Å²) in [5.41, 5.74) is 0. The monoisotopic (exact) mass is 196 g/mol. The average Bonchev–Trinajstić information content (AvgIpc) is 2.21. The largest absolute Gasteiger partial charge is 0.474 e. The third-order valence-corrected chi connectivity index (χ3v) is 3.78. The van der Waals surface area contributed by atoms with Gasteiger partial charge in [0.15, 0.2) is 0 Å². The molecule has 1 unspecified atom stereocenters. The molecule has 70 valence electrons. The van der Waals surface area contributed by atoms with Gasteiger partial charge in [-0.15, -0.1) is 0 Å². The van der Waals surface area contributed by atoms with Crippen molar-refractivity contribution in [3.8, 4) is 0 Å². The molecule has 0 N–H and O–H groups in total.